The van der Waals surface area contributed by atoms with Gasteiger partial charge in [-0.2, -0.15) is 0 Å². The molecule has 0 radical (unpaired) electrons. The van der Waals surface area contributed by atoms with E-state index in [1.807, 2.05) is 0 Å². The monoisotopic (exact) mass is 174 g/mol. The maximum atomic E-state index is 8.56. The van der Waals surface area contributed by atoms with E-state index in [0.29, 0.717) is 0 Å². The first-order valence-electron chi connectivity index (χ1n) is 0.651. The second-order valence-corrected chi connectivity index (χ2v) is 0.283. The van der Waals surface area contributed by atoms with Crippen molar-refractivity contribution >= 4 is 46.6 Å². The van der Waals surface area contributed by atoms with Crippen LogP contribution in [-0.2, 0) is 17.1 Å². The van der Waals surface area contributed by atoms with Crippen molar-refractivity contribution in [1.29, 1.82) is 0 Å². The summed E-state index contributed by atoms with van der Waals surface area (Å²) in [5, 5.41) is 13.9. The zero-order valence-corrected chi connectivity index (χ0v) is 5.38. The van der Waals surface area contributed by atoms with Gasteiger partial charge in [0, 0.05) is 17.1 Å². The number of rotatable bonds is 0. The maximum absolute atomic E-state index is 8.56. The van der Waals surface area contributed by atoms with Gasteiger partial charge in [-0.25, -0.2) is 4.79 Å². The van der Waals surface area contributed by atoms with Gasteiger partial charge in [-0.1, -0.05) is 0 Å². The molecule has 0 aliphatic carbocycles. The molecule has 0 aliphatic rings. The van der Waals surface area contributed by atoms with Crippen molar-refractivity contribution in [3.63, 3.8) is 0 Å². The van der Waals surface area contributed by atoms with Gasteiger partial charge in [0.2, 0.25) is 0 Å². The molecule has 0 aromatic rings. The molecule has 0 aromatic heterocycles. The molecule has 0 aromatic carbocycles. The normalized spacial score (nSPS) is 3.43. The van der Waals surface area contributed by atoms with Gasteiger partial charge in [-0.3, -0.25) is 0 Å². The second-order valence-electron chi connectivity index (χ2n) is 0.283. The van der Waals surface area contributed by atoms with Crippen LogP contribution in [0, 0.1) is 0 Å². The van der Waals surface area contributed by atoms with Crippen LogP contribution in [0.25, 0.3) is 0 Å². The summed E-state index contributed by atoms with van der Waals surface area (Å²) in [7, 11) is 0. The minimum absolute atomic E-state index is 0. The molecule has 0 fully saturated rings. The van der Waals surface area contributed by atoms with E-state index >= 15 is 0 Å². The molecule has 0 saturated carbocycles. The van der Waals surface area contributed by atoms with E-state index in [4.69, 9.17) is 15.0 Å². The van der Waals surface area contributed by atoms with Gasteiger partial charge in [0.25, 0.3) is 0 Å². The van der Waals surface area contributed by atoms with Gasteiger partial charge in [0.15, 0.2) is 17.4 Å². The molecule has 42 valence electrons. The summed E-state index contributed by atoms with van der Waals surface area (Å²) >= 11 is 0. The van der Waals surface area contributed by atoms with E-state index < -0.39 is 6.16 Å². The van der Waals surface area contributed by atoms with Crippen LogP contribution in [0.15, 0.2) is 0 Å². The van der Waals surface area contributed by atoms with Crippen LogP contribution in [0.5, 0.6) is 0 Å². The summed E-state index contributed by atoms with van der Waals surface area (Å²) in [6.45, 7) is 0. The van der Waals surface area contributed by atoms with Crippen molar-refractivity contribution in [3.8, 4) is 0 Å². The Balaban J connectivity index is -0.00000000450. The molecule has 0 spiro atoms. The van der Waals surface area contributed by atoms with Gasteiger partial charge < -0.3 is 13.1 Å². The van der Waals surface area contributed by atoms with Crippen molar-refractivity contribution in [2.75, 3.05) is 0 Å². The third-order valence-corrected chi connectivity index (χ3v) is 0. The molecule has 0 aliphatic heterocycles. The van der Waals surface area contributed by atoms with Gasteiger partial charge in [-0.15, -0.1) is 0 Å². The van der Waals surface area contributed by atoms with Crippen LogP contribution in [0.4, 0.5) is 4.79 Å². The van der Waals surface area contributed by atoms with E-state index in [9.17, 15) is 0 Å². The molecular formula is CH7AlFeMgO3. The van der Waals surface area contributed by atoms with Gasteiger partial charge >= 0.3 is 29.2 Å². The van der Waals surface area contributed by atoms with Crippen LogP contribution in [0.1, 0.15) is 2.85 Å². The SMILES string of the molecule is O=C(O)O.[AlH3].[Fe].[H-].[H-].[Mg+2]. The van der Waals surface area contributed by atoms with E-state index in [0.717, 1.165) is 0 Å². The molecule has 0 unspecified atom stereocenters. The van der Waals surface area contributed by atoms with E-state index in [1.165, 1.54) is 0 Å². The Morgan fingerprint density at radius 2 is 1.43 bits per heavy atom. The Labute approximate surface area is 81.2 Å². The maximum Gasteiger partial charge on any atom is 2.00 e. The van der Waals surface area contributed by atoms with Gasteiger partial charge in [-0.05, 0) is 0 Å². The average molecular weight is 174 g/mol. The molecule has 0 atom stereocenters. The minimum atomic E-state index is -1.83. The first-order valence-corrected chi connectivity index (χ1v) is 0.651. The third-order valence-electron chi connectivity index (χ3n) is 0. The van der Waals surface area contributed by atoms with Crippen molar-refractivity contribution in [3.05, 3.63) is 0 Å². The smallest absolute Gasteiger partial charge is 1.00 e. The second kappa shape index (κ2) is 15.7. The Morgan fingerprint density at radius 1 is 1.43 bits per heavy atom. The van der Waals surface area contributed by atoms with E-state index in [1.54, 1.807) is 0 Å². The summed E-state index contributed by atoms with van der Waals surface area (Å²) in [5.41, 5.74) is 0. The number of carboxylic acid groups (broad SMARTS) is 2. The molecular weight excluding hydrogens is 167 g/mol. The molecule has 0 bridgehead atoms. The quantitative estimate of drug-likeness (QED) is 0.457. The minimum Gasteiger partial charge on any atom is -1.00 e. The Kier molecular flexibility index (Phi) is 54.6. The van der Waals surface area contributed by atoms with Crippen LogP contribution < -0.4 is 0 Å². The van der Waals surface area contributed by atoms with Crippen LogP contribution in [0.3, 0.4) is 0 Å². The zero-order valence-electron chi connectivity index (χ0n) is 4.86. The van der Waals surface area contributed by atoms with Crippen molar-refractivity contribution in [2.24, 2.45) is 0 Å². The average Bonchev–Trinajstić information content (AvgIpc) is 0.811. The fourth-order valence-electron chi connectivity index (χ4n) is 0. The standard InChI is InChI=1S/CH2O3.Al.Fe.Mg.5H/c2-1(3)4;;;;;;;;/h(H2,2,3,4);;;;;;;;/q;;;+2;;;;2*-1. The molecule has 3 nitrogen and oxygen atoms in total. The fraction of sp³-hybridized carbons (Fsp3) is 0. The van der Waals surface area contributed by atoms with E-state index in [2.05, 4.69) is 0 Å². The number of carbonyl (C=O) groups is 1. The molecule has 0 saturated heterocycles. The largest absolute Gasteiger partial charge is 2.00 e. The molecule has 0 rings (SSSR count). The molecule has 7 heavy (non-hydrogen) atoms. The van der Waals surface area contributed by atoms with Crippen molar-refractivity contribution in [1.82, 2.24) is 0 Å². The van der Waals surface area contributed by atoms with Gasteiger partial charge in [0.05, 0.1) is 0 Å². The molecule has 6 heteroatoms. The summed E-state index contributed by atoms with van der Waals surface area (Å²) in [6, 6.07) is 0. The predicted octanol–water partition coefficient (Wildman–Crippen LogP) is -1.12. The molecule has 0 amide bonds. The number of hydrogen-bond donors (Lipinski definition) is 2. The predicted molar refractivity (Wildman–Crippen MR) is 28.6 cm³/mol. The van der Waals surface area contributed by atoms with Crippen LogP contribution >= 0.6 is 0 Å². The van der Waals surface area contributed by atoms with Crippen LogP contribution in [0.2, 0.25) is 0 Å². The Bertz CT molecular complexity index is 44.8. The molecule has 2 N–H and O–H groups in total. The third kappa shape index (κ3) is 155. The fourth-order valence-corrected chi connectivity index (χ4v) is 0. The first kappa shape index (κ1) is 24.3. The number of hydrogen-bond acceptors (Lipinski definition) is 1. The summed E-state index contributed by atoms with van der Waals surface area (Å²) in [6.07, 6.45) is -1.83. The summed E-state index contributed by atoms with van der Waals surface area (Å²) in [4.78, 5) is 8.56. The zero-order chi connectivity index (χ0) is 3.58. The van der Waals surface area contributed by atoms with Crippen molar-refractivity contribution in [2.45, 2.75) is 0 Å². The van der Waals surface area contributed by atoms with Gasteiger partial charge in [0.1, 0.15) is 0 Å². The molecule has 0 heterocycles. The Hall–Kier alpha value is 1.09. The summed E-state index contributed by atoms with van der Waals surface area (Å²) in [5.74, 6) is 0. The Morgan fingerprint density at radius 3 is 1.43 bits per heavy atom. The van der Waals surface area contributed by atoms with Crippen molar-refractivity contribution < 1.29 is 34.9 Å². The summed E-state index contributed by atoms with van der Waals surface area (Å²) < 4.78 is 0. The van der Waals surface area contributed by atoms with Crippen LogP contribution in [-0.4, -0.2) is 56.8 Å². The van der Waals surface area contributed by atoms with E-state index in [-0.39, 0.29) is 60.3 Å². The first-order chi connectivity index (χ1) is 1.73. The topological polar surface area (TPSA) is 57.5 Å².